The van der Waals surface area contributed by atoms with Crippen LogP contribution < -0.4 is 0 Å². The second-order valence-electron chi connectivity index (χ2n) is 4.44. The molecule has 1 heterocycles. The van der Waals surface area contributed by atoms with Crippen molar-refractivity contribution in [3.63, 3.8) is 0 Å². The highest BCUT2D eigenvalue weighted by molar-refractivity contribution is 4.81. The Labute approximate surface area is 68.6 Å². The van der Waals surface area contributed by atoms with E-state index in [1.807, 2.05) is 0 Å². The lowest BCUT2D eigenvalue weighted by Gasteiger charge is -2.25. The summed E-state index contributed by atoms with van der Waals surface area (Å²) in [7, 11) is 0. The summed E-state index contributed by atoms with van der Waals surface area (Å²) < 4.78 is 5.39. The van der Waals surface area contributed by atoms with Gasteiger partial charge in [-0.05, 0) is 17.8 Å². The van der Waals surface area contributed by atoms with Crippen molar-refractivity contribution in [2.24, 2.45) is 11.3 Å². The van der Waals surface area contributed by atoms with Crippen LogP contribution in [0.15, 0.2) is 0 Å². The molecule has 66 valence electrons. The fraction of sp³-hybridized carbons (Fsp3) is 1.00. The van der Waals surface area contributed by atoms with Crippen LogP contribution in [0.2, 0.25) is 0 Å². The molecule has 1 fully saturated rings. The monoisotopic (exact) mass is 158 g/mol. The summed E-state index contributed by atoms with van der Waals surface area (Å²) in [5, 5.41) is 8.82. The molecule has 2 atom stereocenters. The lowest BCUT2D eigenvalue weighted by atomic mass is 9.79. The molecule has 0 spiro atoms. The normalized spacial score (nSPS) is 32.7. The Balaban J connectivity index is 2.42. The van der Waals surface area contributed by atoms with E-state index in [0.29, 0.717) is 11.3 Å². The van der Waals surface area contributed by atoms with Gasteiger partial charge in [0.15, 0.2) is 0 Å². The van der Waals surface area contributed by atoms with Crippen molar-refractivity contribution >= 4 is 0 Å². The minimum Gasteiger partial charge on any atom is -0.394 e. The number of aliphatic hydroxyl groups is 1. The van der Waals surface area contributed by atoms with Crippen molar-refractivity contribution in [1.29, 1.82) is 0 Å². The van der Waals surface area contributed by atoms with Crippen LogP contribution in [0, 0.1) is 11.3 Å². The fourth-order valence-electron chi connectivity index (χ4n) is 1.44. The second kappa shape index (κ2) is 3.11. The van der Waals surface area contributed by atoms with Gasteiger partial charge in [0.2, 0.25) is 0 Å². The van der Waals surface area contributed by atoms with E-state index >= 15 is 0 Å². The standard InChI is InChI=1S/C9H18O2/c1-9(2,3)7-4-8(5-10)11-6-7/h7-8,10H,4-6H2,1-3H3/t7-,8-/m0/s1. The third-order valence-electron chi connectivity index (χ3n) is 2.51. The van der Waals surface area contributed by atoms with E-state index in [0.717, 1.165) is 13.0 Å². The molecule has 0 amide bonds. The van der Waals surface area contributed by atoms with Crippen molar-refractivity contribution in [3.05, 3.63) is 0 Å². The third kappa shape index (κ3) is 2.17. The lowest BCUT2D eigenvalue weighted by molar-refractivity contribution is 0.0540. The molecular formula is C9H18O2. The summed E-state index contributed by atoms with van der Waals surface area (Å²) in [4.78, 5) is 0. The van der Waals surface area contributed by atoms with Gasteiger partial charge in [0.25, 0.3) is 0 Å². The molecule has 0 aliphatic carbocycles. The van der Waals surface area contributed by atoms with E-state index in [1.54, 1.807) is 0 Å². The van der Waals surface area contributed by atoms with E-state index < -0.39 is 0 Å². The molecule has 1 N–H and O–H groups in total. The van der Waals surface area contributed by atoms with Crippen molar-refractivity contribution in [2.75, 3.05) is 13.2 Å². The predicted molar refractivity (Wildman–Crippen MR) is 44.4 cm³/mol. The minimum atomic E-state index is 0.0965. The van der Waals surface area contributed by atoms with Crippen LogP contribution in [0.5, 0.6) is 0 Å². The quantitative estimate of drug-likeness (QED) is 0.625. The van der Waals surface area contributed by atoms with Gasteiger partial charge in [-0.15, -0.1) is 0 Å². The highest BCUT2D eigenvalue weighted by Gasteiger charge is 2.33. The average molecular weight is 158 g/mol. The lowest BCUT2D eigenvalue weighted by Crippen LogP contribution is -2.20. The molecule has 1 aliphatic rings. The highest BCUT2D eigenvalue weighted by Crippen LogP contribution is 2.34. The zero-order valence-electron chi connectivity index (χ0n) is 7.63. The minimum absolute atomic E-state index is 0.0965. The average Bonchev–Trinajstić information content (AvgIpc) is 2.32. The first-order valence-corrected chi connectivity index (χ1v) is 4.26. The van der Waals surface area contributed by atoms with Gasteiger partial charge in [-0.25, -0.2) is 0 Å². The van der Waals surface area contributed by atoms with Gasteiger partial charge in [0.05, 0.1) is 19.3 Å². The van der Waals surface area contributed by atoms with Gasteiger partial charge < -0.3 is 9.84 Å². The molecule has 2 heteroatoms. The van der Waals surface area contributed by atoms with Crippen molar-refractivity contribution in [3.8, 4) is 0 Å². The molecule has 0 bridgehead atoms. The zero-order chi connectivity index (χ0) is 8.48. The van der Waals surface area contributed by atoms with Crippen LogP contribution in [-0.2, 0) is 4.74 Å². The van der Waals surface area contributed by atoms with E-state index in [1.165, 1.54) is 0 Å². The molecule has 0 aromatic carbocycles. The van der Waals surface area contributed by atoms with Crippen LogP contribution in [0.25, 0.3) is 0 Å². The largest absolute Gasteiger partial charge is 0.394 e. The van der Waals surface area contributed by atoms with Crippen LogP contribution in [0.1, 0.15) is 27.2 Å². The number of hydrogen-bond donors (Lipinski definition) is 1. The maximum absolute atomic E-state index is 8.82. The number of hydrogen-bond acceptors (Lipinski definition) is 2. The molecule has 0 radical (unpaired) electrons. The van der Waals surface area contributed by atoms with E-state index in [2.05, 4.69) is 20.8 Å². The number of aliphatic hydroxyl groups excluding tert-OH is 1. The first-order chi connectivity index (χ1) is 5.04. The van der Waals surface area contributed by atoms with E-state index in [4.69, 9.17) is 9.84 Å². The maximum Gasteiger partial charge on any atom is 0.0809 e. The van der Waals surface area contributed by atoms with Crippen molar-refractivity contribution in [1.82, 2.24) is 0 Å². The summed E-state index contributed by atoms with van der Waals surface area (Å²) in [6.07, 6.45) is 1.11. The van der Waals surface area contributed by atoms with Crippen molar-refractivity contribution in [2.45, 2.75) is 33.3 Å². The maximum atomic E-state index is 8.82. The van der Waals surface area contributed by atoms with Gasteiger partial charge in [-0.2, -0.15) is 0 Å². The first kappa shape index (κ1) is 9.01. The topological polar surface area (TPSA) is 29.5 Å². The zero-order valence-corrected chi connectivity index (χ0v) is 7.63. The third-order valence-corrected chi connectivity index (χ3v) is 2.51. The van der Waals surface area contributed by atoms with Gasteiger partial charge in [0, 0.05) is 0 Å². The fourth-order valence-corrected chi connectivity index (χ4v) is 1.44. The molecule has 1 saturated heterocycles. The molecule has 0 aromatic rings. The van der Waals surface area contributed by atoms with Gasteiger partial charge >= 0.3 is 0 Å². The van der Waals surface area contributed by atoms with Crippen LogP contribution in [-0.4, -0.2) is 24.4 Å². The van der Waals surface area contributed by atoms with Crippen LogP contribution in [0.3, 0.4) is 0 Å². The molecule has 1 rings (SSSR count). The summed E-state index contributed by atoms with van der Waals surface area (Å²) in [6.45, 7) is 7.66. The van der Waals surface area contributed by atoms with Crippen molar-refractivity contribution < 1.29 is 9.84 Å². The molecule has 1 aliphatic heterocycles. The molecule has 0 aromatic heterocycles. The van der Waals surface area contributed by atoms with Crippen LogP contribution >= 0.6 is 0 Å². The Morgan fingerprint density at radius 1 is 1.45 bits per heavy atom. The van der Waals surface area contributed by atoms with Gasteiger partial charge in [0.1, 0.15) is 0 Å². The number of ether oxygens (including phenoxy) is 1. The Hall–Kier alpha value is -0.0800. The Morgan fingerprint density at radius 3 is 2.36 bits per heavy atom. The molecular weight excluding hydrogens is 140 g/mol. The first-order valence-electron chi connectivity index (χ1n) is 4.26. The van der Waals surface area contributed by atoms with Crippen LogP contribution in [0.4, 0.5) is 0 Å². The second-order valence-corrected chi connectivity index (χ2v) is 4.44. The molecule has 2 nitrogen and oxygen atoms in total. The molecule has 0 saturated carbocycles. The van der Waals surface area contributed by atoms with Gasteiger partial charge in [-0.1, -0.05) is 20.8 Å². The summed E-state index contributed by atoms with van der Waals surface area (Å²) in [5.74, 6) is 0.611. The smallest absolute Gasteiger partial charge is 0.0809 e. The number of rotatable bonds is 1. The Bertz CT molecular complexity index is 126. The Kier molecular flexibility index (Phi) is 2.55. The van der Waals surface area contributed by atoms with E-state index in [9.17, 15) is 0 Å². The highest BCUT2D eigenvalue weighted by atomic mass is 16.5. The summed E-state index contributed by atoms with van der Waals surface area (Å²) in [5.41, 5.74) is 0.323. The molecule has 11 heavy (non-hydrogen) atoms. The van der Waals surface area contributed by atoms with E-state index in [-0.39, 0.29) is 12.7 Å². The summed E-state index contributed by atoms with van der Waals surface area (Å²) >= 11 is 0. The SMILES string of the molecule is CC(C)(C)[C@@H]1CO[C@H](CO)C1. The van der Waals surface area contributed by atoms with Gasteiger partial charge in [-0.3, -0.25) is 0 Å². The Morgan fingerprint density at radius 2 is 2.09 bits per heavy atom. The summed E-state index contributed by atoms with van der Waals surface area (Å²) in [6, 6.07) is 0. The molecule has 0 unspecified atom stereocenters. The predicted octanol–water partition coefficient (Wildman–Crippen LogP) is 1.43.